The van der Waals surface area contributed by atoms with Crippen molar-refractivity contribution in [1.82, 2.24) is 0 Å². The normalized spacial score (nSPS) is 16.7. The van der Waals surface area contributed by atoms with Crippen molar-refractivity contribution in [2.45, 2.75) is 33.2 Å². The number of rotatable bonds is 8. The van der Waals surface area contributed by atoms with Crippen molar-refractivity contribution < 1.29 is 28.9 Å². The van der Waals surface area contributed by atoms with Gasteiger partial charge in [-0.2, -0.15) is 0 Å². The summed E-state index contributed by atoms with van der Waals surface area (Å²) in [5.74, 6) is -0.0822. The summed E-state index contributed by atoms with van der Waals surface area (Å²) in [7, 11) is 3.11. The van der Waals surface area contributed by atoms with Crippen molar-refractivity contribution in [3.63, 3.8) is 0 Å². The van der Waals surface area contributed by atoms with Gasteiger partial charge in [0, 0.05) is 11.3 Å². The van der Waals surface area contributed by atoms with Gasteiger partial charge in [0.05, 0.1) is 32.4 Å². The number of benzene rings is 3. The first-order chi connectivity index (χ1) is 17.8. The Labute approximate surface area is 216 Å². The van der Waals surface area contributed by atoms with Crippen LogP contribution in [0.15, 0.2) is 66.2 Å². The molecule has 1 aliphatic rings. The van der Waals surface area contributed by atoms with Gasteiger partial charge in [-0.3, -0.25) is 14.5 Å². The molecule has 1 heterocycles. The highest BCUT2D eigenvalue weighted by Gasteiger charge is 2.47. The Morgan fingerprint density at radius 3 is 2.24 bits per heavy atom. The van der Waals surface area contributed by atoms with E-state index in [0.717, 1.165) is 12.0 Å². The molecule has 0 bridgehead atoms. The lowest BCUT2D eigenvalue weighted by Crippen LogP contribution is -2.29. The zero-order valence-corrected chi connectivity index (χ0v) is 21.7. The molecule has 0 radical (unpaired) electrons. The van der Waals surface area contributed by atoms with Crippen molar-refractivity contribution >= 4 is 23.1 Å². The molecular formula is C30H31NO6. The van der Waals surface area contributed by atoms with Gasteiger partial charge >= 0.3 is 0 Å². The quantitative estimate of drug-likeness (QED) is 0.246. The highest BCUT2D eigenvalue weighted by atomic mass is 16.5. The molecule has 4 rings (SSSR count). The maximum absolute atomic E-state index is 13.5. The van der Waals surface area contributed by atoms with E-state index in [2.05, 4.69) is 0 Å². The predicted octanol–water partition coefficient (Wildman–Crippen LogP) is 5.60. The second-order valence-corrected chi connectivity index (χ2v) is 8.71. The number of carbonyl (C=O) groups excluding carboxylic acids is 2. The molecule has 37 heavy (non-hydrogen) atoms. The molecule has 1 saturated heterocycles. The summed E-state index contributed by atoms with van der Waals surface area (Å²) >= 11 is 0. The van der Waals surface area contributed by atoms with Gasteiger partial charge in [0.2, 0.25) is 0 Å². The predicted molar refractivity (Wildman–Crippen MR) is 142 cm³/mol. The number of ketones is 1. The fourth-order valence-electron chi connectivity index (χ4n) is 4.61. The van der Waals surface area contributed by atoms with E-state index in [1.54, 1.807) is 50.6 Å². The van der Waals surface area contributed by atoms with Crippen molar-refractivity contribution in [3.8, 4) is 17.2 Å². The van der Waals surface area contributed by atoms with Gasteiger partial charge in [-0.25, -0.2) is 0 Å². The van der Waals surface area contributed by atoms with Crippen LogP contribution in [0.4, 0.5) is 5.69 Å². The van der Waals surface area contributed by atoms with Crippen LogP contribution >= 0.6 is 0 Å². The first-order valence-electron chi connectivity index (χ1n) is 12.2. The van der Waals surface area contributed by atoms with Crippen molar-refractivity contribution in [1.29, 1.82) is 0 Å². The van der Waals surface area contributed by atoms with Gasteiger partial charge < -0.3 is 19.3 Å². The van der Waals surface area contributed by atoms with Gasteiger partial charge in [0.15, 0.2) is 11.5 Å². The first kappa shape index (κ1) is 25.8. The molecule has 1 unspecified atom stereocenters. The fraction of sp³-hybridized carbons (Fsp3) is 0.267. The summed E-state index contributed by atoms with van der Waals surface area (Å²) in [5, 5.41) is 11.5. The molecule has 192 valence electrons. The lowest BCUT2D eigenvalue weighted by molar-refractivity contribution is -0.132. The number of Topliss-reactive ketones (excluding diaryl/α,β-unsaturated/α-hetero) is 1. The van der Waals surface area contributed by atoms with E-state index in [4.69, 9.17) is 14.2 Å². The Hall–Kier alpha value is -4.26. The molecule has 7 heteroatoms. The topological polar surface area (TPSA) is 85.3 Å². The standard InChI is InChI=1S/C30H31NO6/c1-6-19-8-11-21(12-9-19)31-27(20-10-15-24(36-5)25(17-20)37-7-2)26(29(33)30(31)34)28(32)23-14-13-22(35-4)16-18(23)3/h8-17,27,32H,6-7H2,1-5H3/b28-26+. The fourth-order valence-corrected chi connectivity index (χ4v) is 4.61. The van der Waals surface area contributed by atoms with Crippen molar-refractivity contribution in [3.05, 3.63) is 88.5 Å². The van der Waals surface area contributed by atoms with Crippen LogP contribution in [0.5, 0.6) is 17.2 Å². The number of nitrogens with zero attached hydrogens (tertiary/aromatic N) is 1. The van der Waals surface area contributed by atoms with Crippen molar-refractivity contribution in [2.24, 2.45) is 0 Å². The van der Waals surface area contributed by atoms with E-state index in [9.17, 15) is 14.7 Å². The minimum Gasteiger partial charge on any atom is -0.507 e. The zero-order valence-electron chi connectivity index (χ0n) is 21.7. The summed E-state index contributed by atoms with van der Waals surface area (Å²) in [6, 6.07) is 17.0. The Balaban J connectivity index is 1.96. The van der Waals surface area contributed by atoms with Gasteiger partial charge in [0.25, 0.3) is 11.7 Å². The zero-order chi connectivity index (χ0) is 26.7. The molecule has 1 amide bonds. The molecule has 0 aromatic heterocycles. The van der Waals surface area contributed by atoms with E-state index in [0.29, 0.717) is 46.2 Å². The first-order valence-corrected chi connectivity index (χ1v) is 12.2. The molecule has 7 nitrogen and oxygen atoms in total. The molecule has 1 atom stereocenters. The molecule has 0 aliphatic carbocycles. The third-order valence-electron chi connectivity index (χ3n) is 6.56. The second kappa shape index (κ2) is 10.8. The van der Waals surface area contributed by atoms with Gasteiger partial charge in [-0.1, -0.05) is 25.1 Å². The third-order valence-corrected chi connectivity index (χ3v) is 6.56. The van der Waals surface area contributed by atoms with E-state index in [1.807, 2.05) is 45.0 Å². The Kier molecular flexibility index (Phi) is 7.53. The number of hydrogen-bond acceptors (Lipinski definition) is 6. The van der Waals surface area contributed by atoms with E-state index in [-0.39, 0.29) is 11.3 Å². The molecule has 1 aliphatic heterocycles. The van der Waals surface area contributed by atoms with Gasteiger partial charge in [-0.15, -0.1) is 0 Å². The highest BCUT2D eigenvalue weighted by molar-refractivity contribution is 6.51. The Morgan fingerprint density at radius 2 is 1.65 bits per heavy atom. The van der Waals surface area contributed by atoms with Crippen LogP contribution < -0.4 is 19.1 Å². The highest BCUT2D eigenvalue weighted by Crippen LogP contribution is 2.44. The van der Waals surface area contributed by atoms with Crippen LogP contribution in [0.25, 0.3) is 5.76 Å². The minimum atomic E-state index is -0.876. The maximum atomic E-state index is 13.5. The Morgan fingerprint density at radius 1 is 0.919 bits per heavy atom. The Bertz CT molecular complexity index is 1360. The number of methoxy groups -OCH3 is 2. The van der Waals surface area contributed by atoms with Crippen LogP contribution in [0, 0.1) is 6.92 Å². The summed E-state index contributed by atoms with van der Waals surface area (Å²) in [4.78, 5) is 28.4. The third kappa shape index (κ3) is 4.77. The average molecular weight is 502 g/mol. The van der Waals surface area contributed by atoms with Crippen molar-refractivity contribution in [2.75, 3.05) is 25.7 Å². The summed E-state index contributed by atoms with van der Waals surface area (Å²) in [6.07, 6.45) is 0.843. The van der Waals surface area contributed by atoms with Crippen LogP contribution in [0.1, 0.15) is 42.1 Å². The molecular weight excluding hydrogens is 470 g/mol. The summed E-state index contributed by atoms with van der Waals surface area (Å²) in [5.41, 5.74) is 3.43. The summed E-state index contributed by atoms with van der Waals surface area (Å²) < 4.78 is 16.5. The smallest absolute Gasteiger partial charge is 0.300 e. The molecule has 3 aromatic rings. The average Bonchev–Trinajstić information content (AvgIpc) is 3.18. The van der Waals surface area contributed by atoms with E-state index >= 15 is 0 Å². The molecule has 3 aromatic carbocycles. The molecule has 0 spiro atoms. The number of ether oxygens (including phenoxy) is 3. The van der Waals surface area contributed by atoms with Crippen LogP contribution in [0.3, 0.4) is 0 Å². The number of carbonyl (C=O) groups is 2. The van der Waals surface area contributed by atoms with E-state index < -0.39 is 17.7 Å². The number of aliphatic hydroxyl groups is 1. The number of aryl methyl sites for hydroxylation is 2. The molecule has 1 N–H and O–H groups in total. The molecule has 1 fully saturated rings. The monoisotopic (exact) mass is 501 g/mol. The minimum absolute atomic E-state index is 0.00505. The van der Waals surface area contributed by atoms with Gasteiger partial charge in [-0.05, 0) is 79.4 Å². The summed E-state index contributed by atoms with van der Waals surface area (Å²) in [6.45, 7) is 6.13. The van der Waals surface area contributed by atoms with Crippen LogP contribution in [0.2, 0.25) is 0 Å². The lowest BCUT2D eigenvalue weighted by atomic mass is 9.93. The lowest BCUT2D eigenvalue weighted by Gasteiger charge is -2.26. The number of anilines is 1. The number of aliphatic hydroxyl groups excluding tert-OH is 1. The molecule has 0 saturated carbocycles. The van der Waals surface area contributed by atoms with Crippen LogP contribution in [-0.4, -0.2) is 37.6 Å². The van der Waals surface area contributed by atoms with Crippen LogP contribution in [-0.2, 0) is 16.0 Å². The largest absolute Gasteiger partial charge is 0.507 e. The number of amides is 1. The number of hydrogen-bond donors (Lipinski definition) is 1. The SMILES string of the molecule is CCOc1cc(C2/C(=C(\O)c3ccc(OC)cc3C)C(=O)C(=O)N2c2ccc(CC)cc2)ccc1OC. The second-order valence-electron chi connectivity index (χ2n) is 8.71. The van der Waals surface area contributed by atoms with Gasteiger partial charge in [0.1, 0.15) is 11.5 Å². The van der Waals surface area contributed by atoms with E-state index in [1.165, 1.54) is 4.90 Å². The maximum Gasteiger partial charge on any atom is 0.300 e.